The maximum atomic E-state index is 3.42. The first-order chi connectivity index (χ1) is 9.70. The summed E-state index contributed by atoms with van der Waals surface area (Å²) in [6.07, 6.45) is 6.62. The minimum Gasteiger partial charge on any atom is -0.317 e. The molecule has 1 aromatic carbocycles. The molecule has 20 heavy (non-hydrogen) atoms. The molecule has 0 radical (unpaired) electrons. The molecule has 0 bridgehead atoms. The van der Waals surface area contributed by atoms with Crippen molar-refractivity contribution in [1.29, 1.82) is 0 Å². The van der Waals surface area contributed by atoms with Crippen LogP contribution in [0.5, 0.6) is 0 Å². The molecular weight excluding hydrogens is 244 g/mol. The minimum atomic E-state index is 0.660. The molecule has 2 nitrogen and oxygen atoms in total. The summed E-state index contributed by atoms with van der Waals surface area (Å²) < 4.78 is 0. The topological polar surface area (TPSA) is 15.3 Å². The Morgan fingerprint density at radius 1 is 1.15 bits per heavy atom. The normalized spacial score (nSPS) is 24.8. The van der Waals surface area contributed by atoms with Gasteiger partial charge in [0, 0.05) is 12.1 Å². The van der Waals surface area contributed by atoms with Gasteiger partial charge in [0.1, 0.15) is 0 Å². The Morgan fingerprint density at radius 2 is 1.80 bits per heavy atom. The Morgan fingerprint density at radius 3 is 2.40 bits per heavy atom. The molecule has 0 spiro atoms. The average molecular weight is 274 g/mol. The fourth-order valence-electron chi connectivity index (χ4n) is 3.33. The van der Waals surface area contributed by atoms with Crippen LogP contribution in [0.25, 0.3) is 0 Å². The first-order valence-corrected chi connectivity index (χ1v) is 8.13. The summed E-state index contributed by atoms with van der Waals surface area (Å²) >= 11 is 0. The Labute approximate surface area is 124 Å². The summed E-state index contributed by atoms with van der Waals surface area (Å²) in [4.78, 5) is 2.59. The highest BCUT2D eigenvalue weighted by Gasteiger charge is 2.23. The van der Waals surface area contributed by atoms with Crippen LogP contribution in [0.3, 0.4) is 0 Å². The number of hydrogen-bond acceptors (Lipinski definition) is 2. The van der Waals surface area contributed by atoms with E-state index >= 15 is 0 Å². The summed E-state index contributed by atoms with van der Waals surface area (Å²) in [5.74, 6) is 0.660. The lowest BCUT2D eigenvalue weighted by atomic mass is 9.90. The summed E-state index contributed by atoms with van der Waals surface area (Å²) in [5, 5.41) is 3.42. The van der Waals surface area contributed by atoms with E-state index in [0.717, 1.165) is 12.1 Å². The first-order valence-electron chi connectivity index (χ1n) is 8.13. The highest BCUT2D eigenvalue weighted by atomic mass is 15.1. The van der Waals surface area contributed by atoms with Crippen molar-refractivity contribution in [3.8, 4) is 0 Å². The van der Waals surface area contributed by atoms with Gasteiger partial charge in [-0.25, -0.2) is 0 Å². The van der Waals surface area contributed by atoms with Crippen molar-refractivity contribution in [2.45, 2.75) is 57.0 Å². The van der Waals surface area contributed by atoms with Gasteiger partial charge in [0.05, 0.1) is 0 Å². The van der Waals surface area contributed by atoms with E-state index in [-0.39, 0.29) is 0 Å². The molecule has 1 aliphatic rings. The van der Waals surface area contributed by atoms with Crippen molar-refractivity contribution < 1.29 is 0 Å². The first kappa shape index (κ1) is 15.5. The molecule has 1 atom stereocenters. The van der Waals surface area contributed by atoms with E-state index < -0.39 is 0 Å². The SMILES string of the molecule is CNC1CCC(N(C)CCC(C)c2ccccc2)CC1. The molecule has 1 fully saturated rings. The van der Waals surface area contributed by atoms with Crippen LogP contribution in [0.4, 0.5) is 0 Å². The Balaban J connectivity index is 1.74. The van der Waals surface area contributed by atoms with E-state index in [1.807, 2.05) is 0 Å². The van der Waals surface area contributed by atoms with Gasteiger partial charge in [-0.3, -0.25) is 0 Å². The molecule has 1 N–H and O–H groups in total. The second-order valence-corrected chi connectivity index (χ2v) is 6.38. The lowest BCUT2D eigenvalue weighted by Crippen LogP contribution is -2.40. The molecule has 0 heterocycles. The van der Waals surface area contributed by atoms with Crippen molar-refractivity contribution in [1.82, 2.24) is 10.2 Å². The quantitative estimate of drug-likeness (QED) is 0.852. The lowest BCUT2D eigenvalue weighted by Gasteiger charge is -2.35. The molecule has 1 aromatic rings. The standard InChI is InChI=1S/C18H30N2/c1-15(16-7-5-4-6-8-16)13-14-20(3)18-11-9-17(19-2)10-12-18/h4-8,15,17-19H,9-14H2,1-3H3. The summed E-state index contributed by atoms with van der Waals surface area (Å²) in [6.45, 7) is 3.56. The zero-order valence-corrected chi connectivity index (χ0v) is 13.3. The Kier molecular flexibility index (Phi) is 6.06. The van der Waals surface area contributed by atoms with Gasteiger partial charge in [-0.1, -0.05) is 37.3 Å². The second-order valence-electron chi connectivity index (χ2n) is 6.38. The van der Waals surface area contributed by atoms with Gasteiger partial charge in [-0.15, -0.1) is 0 Å². The average Bonchev–Trinajstić information content (AvgIpc) is 2.53. The van der Waals surface area contributed by atoms with E-state index in [0.29, 0.717) is 5.92 Å². The van der Waals surface area contributed by atoms with Crippen LogP contribution >= 0.6 is 0 Å². The minimum absolute atomic E-state index is 0.660. The predicted octanol–water partition coefficient (Wildman–Crippen LogP) is 3.64. The third-order valence-corrected chi connectivity index (χ3v) is 5.01. The largest absolute Gasteiger partial charge is 0.317 e. The zero-order valence-electron chi connectivity index (χ0n) is 13.3. The van der Waals surface area contributed by atoms with Crippen molar-refractivity contribution >= 4 is 0 Å². The smallest absolute Gasteiger partial charge is 0.00933 e. The highest BCUT2D eigenvalue weighted by molar-refractivity contribution is 5.18. The molecule has 0 amide bonds. The van der Waals surface area contributed by atoms with Gasteiger partial charge in [0.25, 0.3) is 0 Å². The molecule has 0 aliphatic heterocycles. The number of nitrogens with zero attached hydrogens (tertiary/aromatic N) is 1. The van der Waals surface area contributed by atoms with Crippen LogP contribution in [0.15, 0.2) is 30.3 Å². The fraction of sp³-hybridized carbons (Fsp3) is 0.667. The molecular formula is C18H30N2. The molecule has 2 rings (SSSR count). The van der Waals surface area contributed by atoms with Crippen LogP contribution in [0.1, 0.15) is 50.5 Å². The van der Waals surface area contributed by atoms with Gasteiger partial charge in [-0.2, -0.15) is 0 Å². The van der Waals surface area contributed by atoms with Crippen LogP contribution in [0, 0.1) is 0 Å². The second kappa shape index (κ2) is 7.80. The van der Waals surface area contributed by atoms with Gasteiger partial charge in [0.15, 0.2) is 0 Å². The van der Waals surface area contributed by atoms with E-state index in [1.54, 1.807) is 0 Å². The molecule has 1 unspecified atom stereocenters. The lowest BCUT2D eigenvalue weighted by molar-refractivity contribution is 0.172. The van der Waals surface area contributed by atoms with Crippen LogP contribution in [-0.2, 0) is 0 Å². The van der Waals surface area contributed by atoms with Crippen LogP contribution in [0.2, 0.25) is 0 Å². The van der Waals surface area contributed by atoms with Gasteiger partial charge in [0.2, 0.25) is 0 Å². The van der Waals surface area contributed by atoms with Gasteiger partial charge in [-0.05, 0) is 64.2 Å². The van der Waals surface area contributed by atoms with Crippen LogP contribution < -0.4 is 5.32 Å². The van der Waals surface area contributed by atoms with Crippen molar-refractivity contribution in [2.24, 2.45) is 0 Å². The number of hydrogen-bond donors (Lipinski definition) is 1. The summed E-state index contributed by atoms with van der Waals surface area (Å²) in [5.41, 5.74) is 1.47. The predicted molar refractivity (Wildman–Crippen MR) is 87.2 cm³/mol. The van der Waals surface area contributed by atoms with Crippen molar-refractivity contribution in [3.63, 3.8) is 0 Å². The molecule has 112 valence electrons. The monoisotopic (exact) mass is 274 g/mol. The molecule has 0 aromatic heterocycles. The van der Waals surface area contributed by atoms with Gasteiger partial charge >= 0.3 is 0 Å². The van der Waals surface area contributed by atoms with Crippen molar-refractivity contribution in [2.75, 3.05) is 20.6 Å². The third kappa shape index (κ3) is 4.32. The molecule has 1 saturated carbocycles. The Bertz CT molecular complexity index is 368. The van der Waals surface area contributed by atoms with Crippen LogP contribution in [-0.4, -0.2) is 37.6 Å². The number of rotatable bonds is 6. The molecule has 0 saturated heterocycles. The van der Waals surface area contributed by atoms with E-state index in [4.69, 9.17) is 0 Å². The van der Waals surface area contributed by atoms with Gasteiger partial charge < -0.3 is 10.2 Å². The summed E-state index contributed by atoms with van der Waals surface area (Å²) in [7, 11) is 4.40. The fourth-order valence-corrected chi connectivity index (χ4v) is 3.33. The number of nitrogens with one attached hydrogen (secondary N) is 1. The highest BCUT2D eigenvalue weighted by Crippen LogP contribution is 2.24. The summed E-state index contributed by atoms with van der Waals surface area (Å²) in [6, 6.07) is 12.4. The molecule has 1 aliphatic carbocycles. The maximum Gasteiger partial charge on any atom is 0.00933 e. The number of benzene rings is 1. The van der Waals surface area contributed by atoms with E-state index in [1.165, 1.54) is 44.2 Å². The van der Waals surface area contributed by atoms with E-state index in [9.17, 15) is 0 Å². The third-order valence-electron chi connectivity index (χ3n) is 5.01. The molecule has 2 heteroatoms. The maximum absolute atomic E-state index is 3.42. The zero-order chi connectivity index (χ0) is 14.4. The van der Waals surface area contributed by atoms with Crippen molar-refractivity contribution in [3.05, 3.63) is 35.9 Å². The Hall–Kier alpha value is -0.860. The van der Waals surface area contributed by atoms with E-state index in [2.05, 4.69) is 61.6 Å².